The molecular formula is C21H21F6N5O3. The topological polar surface area (TPSA) is 104 Å². The first-order chi connectivity index (χ1) is 16.3. The summed E-state index contributed by atoms with van der Waals surface area (Å²) in [4.78, 5) is 12.4. The molecule has 0 aliphatic carbocycles. The first-order valence-corrected chi connectivity index (χ1v) is 9.98. The predicted molar refractivity (Wildman–Crippen MR) is 114 cm³/mol. The minimum atomic E-state index is -4.65. The van der Waals surface area contributed by atoms with Gasteiger partial charge in [0.1, 0.15) is 24.1 Å². The van der Waals surface area contributed by atoms with Crippen LogP contribution in [-0.2, 0) is 17.5 Å². The summed E-state index contributed by atoms with van der Waals surface area (Å²) in [5.41, 5.74) is 4.91. The molecule has 0 fully saturated rings. The van der Waals surface area contributed by atoms with Gasteiger partial charge in [0, 0.05) is 18.6 Å². The number of hydrogen-bond acceptors (Lipinski definition) is 8. The van der Waals surface area contributed by atoms with Crippen LogP contribution < -0.4 is 20.5 Å². The molecule has 8 nitrogen and oxygen atoms in total. The molecule has 0 spiro atoms. The van der Waals surface area contributed by atoms with Gasteiger partial charge in [0.25, 0.3) is 0 Å². The second-order valence-corrected chi connectivity index (χ2v) is 7.34. The summed E-state index contributed by atoms with van der Waals surface area (Å²) in [5, 5.41) is 3.20. The first kappa shape index (κ1) is 26.1. The molecule has 2 aromatic heterocycles. The third-order valence-corrected chi connectivity index (χ3v) is 4.80. The standard InChI is InChI=1S/C21H21F6N5O3/c1-10-30-14-7-15(33-2)16(35-9-17(34-3)21(25,26)27)6-13(14)19(31-10)29-8-12-4-11(20(22,23)24)5-18(28)32-12/h4-7,17H,8-9H2,1-3H3,(H2,28,32)(H,29,30,31). The molecule has 3 N–H and O–H groups in total. The summed E-state index contributed by atoms with van der Waals surface area (Å²) in [6, 6.07) is 4.38. The lowest BCUT2D eigenvalue weighted by molar-refractivity contribution is -0.219. The number of halogens is 6. The highest BCUT2D eigenvalue weighted by Crippen LogP contribution is 2.36. The molecule has 0 aliphatic heterocycles. The highest BCUT2D eigenvalue weighted by atomic mass is 19.4. The zero-order valence-electron chi connectivity index (χ0n) is 18.7. The lowest BCUT2D eigenvalue weighted by Crippen LogP contribution is -2.36. The van der Waals surface area contributed by atoms with Gasteiger partial charge in [-0.25, -0.2) is 15.0 Å². The van der Waals surface area contributed by atoms with Gasteiger partial charge in [0.05, 0.1) is 30.4 Å². The lowest BCUT2D eigenvalue weighted by atomic mass is 10.2. The van der Waals surface area contributed by atoms with E-state index in [1.807, 2.05) is 0 Å². The van der Waals surface area contributed by atoms with E-state index in [2.05, 4.69) is 25.0 Å². The van der Waals surface area contributed by atoms with Gasteiger partial charge >= 0.3 is 12.4 Å². The van der Waals surface area contributed by atoms with E-state index in [0.29, 0.717) is 16.7 Å². The number of nitrogen functional groups attached to an aromatic ring is 1. The van der Waals surface area contributed by atoms with E-state index in [1.54, 1.807) is 6.92 Å². The minimum absolute atomic E-state index is 0.000149. The molecule has 1 aromatic carbocycles. The van der Waals surface area contributed by atoms with E-state index in [1.165, 1.54) is 19.2 Å². The summed E-state index contributed by atoms with van der Waals surface area (Å²) in [5.74, 6) is 0.285. The van der Waals surface area contributed by atoms with Crippen LogP contribution in [0, 0.1) is 6.92 Å². The van der Waals surface area contributed by atoms with Crippen LogP contribution >= 0.6 is 0 Å². The van der Waals surface area contributed by atoms with Crippen LogP contribution in [0.4, 0.5) is 38.0 Å². The third-order valence-electron chi connectivity index (χ3n) is 4.80. The molecule has 0 saturated carbocycles. The molecule has 0 bridgehead atoms. The maximum absolute atomic E-state index is 13.1. The highest BCUT2D eigenvalue weighted by molar-refractivity contribution is 5.91. The van der Waals surface area contributed by atoms with Crippen molar-refractivity contribution in [3.8, 4) is 11.5 Å². The second kappa shape index (κ2) is 9.98. The largest absolute Gasteiger partial charge is 0.493 e. The van der Waals surface area contributed by atoms with Gasteiger partial charge in [-0.2, -0.15) is 26.3 Å². The number of ether oxygens (including phenoxy) is 3. The van der Waals surface area contributed by atoms with Crippen LogP contribution in [0.5, 0.6) is 11.5 Å². The maximum atomic E-state index is 13.1. The zero-order valence-corrected chi connectivity index (χ0v) is 18.7. The van der Waals surface area contributed by atoms with Crippen molar-refractivity contribution in [2.24, 2.45) is 0 Å². The van der Waals surface area contributed by atoms with Gasteiger partial charge in [-0.15, -0.1) is 0 Å². The number of alkyl halides is 6. The van der Waals surface area contributed by atoms with Crippen molar-refractivity contribution < 1.29 is 40.6 Å². The molecular weight excluding hydrogens is 484 g/mol. The van der Waals surface area contributed by atoms with Crippen molar-refractivity contribution in [3.63, 3.8) is 0 Å². The Hall–Kier alpha value is -3.55. The summed E-state index contributed by atoms with van der Waals surface area (Å²) in [6.07, 6.45) is -11.4. The Bertz CT molecular complexity index is 1200. The second-order valence-electron chi connectivity index (χ2n) is 7.34. The Balaban J connectivity index is 1.94. The fourth-order valence-corrected chi connectivity index (χ4v) is 3.16. The number of nitrogens with one attached hydrogen (secondary N) is 1. The number of nitrogens with two attached hydrogens (primary N) is 1. The molecule has 14 heteroatoms. The van der Waals surface area contributed by atoms with E-state index in [9.17, 15) is 26.3 Å². The van der Waals surface area contributed by atoms with E-state index >= 15 is 0 Å². The Morgan fingerprint density at radius 2 is 1.69 bits per heavy atom. The number of fused-ring (bicyclic) bond motifs is 1. The summed E-state index contributed by atoms with van der Waals surface area (Å²) in [6.45, 7) is 0.570. The summed E-state index contributed by atoms with van der Waals surface area (Å²) in [7, 11) is 2.22. The zero-order chi connectivity index (χ0) is 26.0. The number of pyridine rings is 1. The van der Waals surface area contributed by atoms with Gasteiger partial charge in [0.2, 0.25) is 0 Å². The lowest BCUT2D eigenvalue weighted by Gasteiger charge is -2.20. The van der Waals surface area contributed by atoms with E-state index < -0.39 is 30.6 Å². The van der Waals surface area contributed by atoms with E-state index in [4.69, 9.17) is 15.2 Å². The Morgan fingerprint density at radius 3 is 2.29 bits per heavy atom. The van der Waals surface area contributed by atoms with E-state index in [0.717, 1.165) is 19.2 Å². The summed E-state index contributed by atoms with van der Waals surface area (Å²) < 4.78 is 93.3. The number of anilines is 2. The first-order valence-electron chi connectivity index (χ1n) is 9.98. The number of methoxy groups -OCH3 is 2. The SMILES string of the molecule is COc1cc2nc(C)nc(NCc3cc(C(F)(F)F)cc(N)n3)c2cc1OCC(OC)C(F)(F)F. The van der Waals surface area contributed by atoms with Crippen LogP contribution in [0.1, 0.15) is 17.1 Å². The van der Waals surface area contributed by atoms with Crippen LogP contribution in [0.3, 0.4) is 0 Å². The van der Waals surface area contributed by atoms with Gasteiger partial charge in [-0.05, 0) is 25.1 Å². The maximum Gasteiger partial charge on any atom is 0.417 e. The fraction of sp³-hybridized carbons (Fsp3) is 0.381. The van der Waals surface area contributed by atoms with Crippen molar-refractivity contribution in [1.29, 1.82) is 0 Å². The van der Waals surface area contributed by atoms with Gasteiger partial charge in [-0.1, -0.05) is 0 Å². The summed E-state index contributed by atoms with van der Waals surface area (Å²) >= 11 is 0. The average molecular weight is 505 g/mol. The predicted octanol–water partition coefficient (Wildman–Crippen LogP) is 4.51. The van der Waals surface area contributed by atoms with Crippen molar-refractivity contribution >= 4 is 22.5 Å². The van der Waals surface area contributed by atoms with Gasteiger partial charge in [0.15, 0.2) is 17.6 Å². The molecule has 0 saturated heterocycles. The number of aryl methyl sites for hydroxylation is 1. The van der Waals surface area contributed by atoms with Gasteiger partial charge in [-0.3, -0.25) is 0 Å². The number of nitrogens with zero attached hydrogens (tertiary/aromatic N) is 3. The number of rotatable bonds is 8. The molecule has 3 rings (SSSR count). The molecule has 35 heavy (non-hydrogen) atoms. The molecule has 190 valence electrons. The van der Waals surface area contributed by atoms with Crippen molar-refractivity contribution in [1.82, 2.24) is 15.0 Å². The fourth-order valence-electron chi connectivity index (χ4n) is 3.16. The van der Waals surface area contributed by atoms with Crippen LogP contribution in [-0.4, -0.2) is 48.1 Å². The van der Waals surface area contributed by atoms with Crippen LogP contribution in [0.25, 0.3) is 10.9 Å². The quantitative estimate of drug-likeness (QED) is 0.431. The normalized spacial score (nSPS) is 13.1. The van der Waals surface area contributed by atoms with Crippen LogP contribution in [0.2, 0.25) is 0 Å². The molecule has 2 heterocycles. The molecule has 0 amide bonds. The number of benzene rings is 1. The average Bonchev–Trinajstić information content (AvgIpc) is 2.75. The molecule has 0 radical (unpaired) electrons. The van der Waals surface area contributed by atoms with Crippen molar-refractivity contribution in [2.45, 2.75) is 31.9 Å². The molecule has 1 unspecified atom stereocenters. The molecule has 3 aromatic rings. The van der Waals surface area contributed by atoms with Crippen molar-refractivity contribution in [3.05, 3.63) is 41.3 Å². The minimum Gasteiger partial charge on any atom is -0.493 e. The van der Waals surface area contributed by atoms with Crippen molar-refractivity contribution in [2.75, 3.05) is 31.9 Å². The molecule has 1 atom stereocenters. The number of hydrogen-bond donors (Lipinski definition) is 2. The van der Waals surface area contributed by atoms with Gasteiger partial charge < -0.3 is 25.3 Å². The third kappa shape index (κ3) is 6.32. The molecule has 0 aliphatic rings. The highest BCUT2D eigenvalue weighted by Gasteiger charge is 2.40. The monoisotopic (exact) mass is 505 g/mol. The smallest absolute Gasteiger partial charge is 0.417 e. The number of aromatic nitrogens is 3. The Kier molecular flexibility index (Phi) is 7.43. The van der Waals surface area contributed by atoms with E-state index in [-0.39, 0.29) is 35.4 Å². The Morgan fingerprint density at radius 1 is 0.971 bits per heavy atom. The van der Waals surface area contributed by atoms with Crippen LogP contribution in [0.15, 0.2) is 24.3 Å². The Labute approximate surface area is 195 Å².